The molecule has 0 saturated heterocycles. The van der Waals surface area contributed by atoms with Gasteiger partial charge in [-0.15, -0.1) is 0 Å². The fourth-order valence-electron chi connectivity index (χ4n) is 3.14. The molecule has 110 valence electrons. The molecule has 0 spiro atoms. The first-order valence-electron chi connectivity index (χ1n) is 7.49. The number of hydrogen-bond acceptors (Lipinski definition) is 2. The van der Waals surface area contributed by atoms with Gasteiger partial charge in [-0.25, -0.2) is 4.39 Å². The number of carbonyl (C=O) groups excluding carboxylic acids is 1. The normalized spacial score (nSPS) is 21.8. The highest BCUT2D eigenvalue weighted by molar-refractivity contribution is 5.87. The first-order chi connectivity index (χ1) is 9.45. The van der Waals surface area contributed by atoms with Crippen LogP contribution in [0.3, 0.4) is 0 Å². The molecule has 1 saturated carbocycles. The van der Waals surface area contributed by atoms with E-state index < -0.39 is 0 Å². The molecule has 1 fully saturated rings. The Labute approximate surface area is 121 Å². The molecule has 0 N–H and O–H groups in total. The van der Waals surface area contributed by atoms with Crippen molar-refractivity contribution in [1.29, 1.82) is 0 Å². The number of halogens is 1. The summed E-state index contributed by atoms with van der Waals surface area (Å²) in [6.45, 7) is 7.40. The minimum Gasteiger partial charge on any atom is -0.369 e. The second-order valence-corrected chi connectivity index (χ2v) is 6.33. The van der Waals surface area contributed by atoms with Gasteiger partial charge in [-0.05, 0) is 31.9 Å². The predicted molar refractivity (Wildman–Crippen MR) is 80.4 cm³/mol. The number of ketones is 1. The van der Waals surface area contributed by atoms with E-state index in [9.17, 15) is 9.18 Å². The highest BCUT2D eigenvalue weighted by Crippen LogP contribution is 2.36. The van der Waals surface area contributed by atoms with Gasteiger partial charge in [0.2, 0.25) is 0 Å². The molecule has 2 nitrogen and oxygen atoms in total. The molecule has 20 heavy (non-hydrogen) atoms. The summed E-state index contributed by atoms with van der Waals surface area (Å²) in [6.07, 6.45) is 2.97. The first-order valence-corrected chi connectivity index (χ1v) is 7.49. The molecule has 0 bridgehead atoms. The van der Waals surface area contributed by atoms with Crippen LogP contribution in [0.5, 0.6) is 0 Å². The SMILES string of the molecule is CCN(CC1CCCC(C)(C)C1=O)c1ccccc1F. The fourth-order valence-corrected chi connectivity index (χ4v) is 3.14. The highest BCUT2D eigenvalue weighted by atomic mass is 19.1. The Morgan fingerprint density at radius 1 is 1.35 bits per heavy atom. The molecule has 3 heteroatoms. The molecule has 1 aromatic carbocycles. The van der Waals surface area contributed by atoms with Gasteiger partial charge in [0, 0.05) is 24.4 Å². The number of benzene rings is 1. The number of anilines is 1. The zero-order valence-corrected chi connectivity index (χ0v) is 12.7. The number of hydrogen-bond donors (Lipinski definition) is 0. The van der Waals surface area contributed by atoms with E-state index in [2.05, 4.69) is 0 Å². The van der Waals surface area contributed by atoms with E-state index in [1.54, 1.807) is 12.1 Å². The van der Waals surface area contributed by atoms with E-state index in [0.717, 1.165) is 19.3 Å². The summed E-state index contributed by atoms with van der Waals surface area (Å²) in [5.74, 6) is 0.147. The van der Waals surface area contributed by atoms with Gasteiger partial charge in [-0.3, -0.25) is 4.79 Å². The van der Waals surface area contributed by atoms with Gasteiger partial charge >= 0.3 is 0 Å². The number of carbonyl (C=O) groups is 1. The maximum atomic E-state index is 13.9. The van der Waals surface area contributed by atoms with Crippen LogP contribution in [0.1, 0.15) is 40.0 Å². The van der Waals surface area contributed by atoms with Crippen LogP contribution in [0.4, 0.5) is 10.1 Å². The number of Topliss-reactive ketones (excluding diaryl/α,β-unsaturated/α-hetero) is 1. The molecule has 0 amide bonds. The summed E-state index contributed by atoms with van der Waals surface area (Å²) in [6, 6.07) is 6.80. The Bertz CT molecular complexity index is 484. The van der Waals surface area contributed by atoms with Crippen molar-refractivity contribution in [2.24, 2.45) is 11.3 Å². The van der Waals surface area contributed by atoms with Crippen molar-refractivity contribution >= 4 is 11.5 Å². The maximum absolute atomic E-state index is 13.9. The molecule has 0 aromatic heterocycles. The van der Waals surface area contributed by atoms with Gasteiger partial charge in [0.1, 0.15) is 11.6 Å². The van der Waals surface area contributed by atoms with E-state index in [1.807, 2.05) is 31.7 Å². The average Bonchev–Trinajstić information content (AvgIpc) is 2.41. The summed E-state index contributed by atoms with van der Waals surface area (Å²) < 4.78 is 13.9. The molecular formula is C17H24FNO. The van der Waals surface area contributed by atoms with Crippen LogP contribution in [-0.4, -0.2) is 18.9 Å². The molecule has 1 aliphatic carbocycles. The van der Waals surface area contributed by atoms with Crippen molar-refractivity contribution in [2.45, 2.75) is 40.0 Å². The quantitative estimate of drug-likeness (QED) is 0.827. The Kier molecular flexibility index (Phi) is 4.46. The second kappa shape index (κ2) is 5.94. The lowest BCUT2D eigenvalue weighted by atomic mass is 9.71. The largest absolute Gasteiger partial charge is 0.369 e. The van der Waals surface area contributed by atoms with Crippen molar-refractivity contribution in [1.82, 2.24) is 0 Å². The second-order valence-electron chi connectivity index (χ2n) is 6.33. The Balaban J connectivity index is 2.15. The Morgan fingerprint density at radius 3 is 2.70 bits per heavy atom. The Hall–Kier alpha value is -1.38. The van der Waals surface area contributed by atoms with Crippen molar-refractivity contribution in [3.63, 3.8) is 0 Å². The maximum Gasteiger partial charge on any atom is 0.146 e. The minimum atomic E-state index is -0.225. The minimum absolute atomic E-state index is 0.0262. The van der Waals surface area contributed by atoms with Crippen molar-refractivity contribution in [3.05, 3.63) is 30.1 Å². The zero-order chi connectivity index (χ0) is 14.8. The van der Waals surface area contributed by atoms with Crippen LogP contribution in [0.25, 0.3) is 0 Å². The van der Waals surface area contributed by atoms with E-state index in [1.165, 1.54) is 6.07 Å². The van der Waals surface area contributed by atoms with Crippen LogP contribution in [0, 0.1) is 17.2 Å². The molecule has 0 radical (unpaired) electrons. The number of rotatable bonds is 4. The molecule has 1 atom stereocenters. The summed E-state index contributed by atoms with van der Waals surface area (Å²) in [7, 11) is 0. The third kappa shape index (κ3) is 3.02. The van der Waals surface area contributed by atoms with E-state index in [4.69, 9.17) is 0 Å². The molecule has 0 heterocycles. The smallest absolute Gasteiger partial charge is 0.146 e. The lowest BCUT2D eigenvalue weighted by molar-refractivity contribution is -0.133. The standard InChI is InChI=1S/C17H24FNO/c1-4-19(15-10-6-5-9-14(15)18)12-13-8-7-11-17(2,3)16(13)20/h5-6,9-10,13H,4,7-8,11-12H2,1-3H3. The topological polar surface area (TPSA) is 20.3 Å². The van der Waals surface area contributed by atoms with Crippen LogP contribution in [0.15, 0.2) is 24.3 Å². The van der Waals surface area contributed by atoms with Gasteiger partial charge in [0.15, 0.2) is 0 Å². The van der Waals surface area contributed by atoms with Crippen molar-refractivity contribution in [3.8, 4) is 0 Å². The first kappa shape index (κ1) is 15.0. The molecule has 0 aliphatic heterocycles. The van der Waals surface area contributed by atoms with Crippen LogP contribution >= 0.6 is 0 Å². The van der Waals surface area contributed by atoms with Gasteiger partial charge in [0.25, 0.3) is 0 Å². The highest BCUT2D eigenvalue weighted by Gasteiger charge is 2.37. The van der Waals surface area contributed by atoms with Gasteiger partial charge in [-0.2, -0.15) is 0 Å². The summed E-state index contributed by atoms with van der Waals surface area (Å²) in [5.41, 5.74) is 0.378. The summed E-state index contributed by atoms with van der Waals surface area (Å²) in [5, 5.41) is 0. The van der Waals surface area contributed by atoms with Crippen LogP contribution in [-0.2, 0) is 4.79 Å². The van der Waals surface area contributed by atoms with E-state index in [0.29, 0.717) is 24.6 Å². The van der Waals surface area contributed by atoms with Gasteiger partial charge < -0.3 is 4.90 Å². The van der Waals surface area contributed by atoms with Crippen molar-refractivity contribution < 1.29 is 9.18 Å². The molecule has 1 unspecified atom stereocenters. The summed E-state index contributed by atoms with van der Waals surface area (Å²) in [4.78, 5) is 14.5. The number of nitrogens with zero attached hydrogens (tertiary/aromatic N) is 1. The molecule has 1 aliphatic rings. The average molecular weight is 277 g/mol. The van der Waals surface area contributed by atoms with E-state index >= 15 is 0 Å². The zero-order valence-electron chi connectivity index (χ0n) is 12.7. The van der Waals surface area contributed by atoms with Gasteiger partial charge in [-0.1, -0.05) is 32.4 Å². The monoisotopic (exact) mass is 277 g/mol. The number of para-hydroxylation sites is 1. The van der Waals surface area contributed by atoms with E-state index in [-0.39, 0.29) is 17.2 Å². The lowest BCUT2D eigenvalue weighted by Crippen LogP contribution is -2.42. The van der Waals surface area contributed by atoms with Gasteiger partial charge in [0.05, 0.1) is 5.69 Å². The molecule has 2 rings (SSSR count). The third-order valence-corrected chi connectivity index (χ3v) is 4.41. The Morgan fingerprint density at radius 2 is 2.05 bits per heavy atom. The lowest BCUT2D eigenvalue weighted by Gasteiger charge is -2.36. The van der Waals surface area contributed by atoms with Crippen molar-refractivity contribution in [2.75, 3.05) is 18.0 Å². The molecular weight excluding hydrogens is 253 g/mol. The fraction of sp³-hybridized carbons (Fsp3) is 0.588. The van der Waals surface area contributed by atoms with Crippen LogP contribution in [0.2, 0.25) is 0 Å². The molecule has 1 aromatic rings. The summed E-state index contributed by atoms with van der Waals surface area (Å²) >= 11 is 0. The predicted octanol–water partition coefficient (Wildman–Crippen LogP) is 4.05. The third-order valence-electron chi connectivity index (χ3n) is 4.41. The van der Waals surface area contributed by atoms with Crippen LogP contribution < -0.4 is 4.90 Å².